The van der Waals surface area contributed by atoms with Crippen molar-refractivity contribution in [3.8, 4) is 0 Å². The maximum Gasteiger partial charge on any atom is 0.245 e. The van der Waals surface area contributed by atoms with Crippen LogP contribution in [0.25, 0.3) is 0 Å². The summed E-state index contributed by atoms with van der Waals surface area (Å²) in [6, 6.07) is 0. The zero-order valence-corrected chi connectivity index (χ0v) is 5.69. The van der Waals surface area contributed by atoms with E-state index in [2.05, 4.69) is 0 Å². The number of alkyl halides is 2. The lowest BCUT2D eigenvalue weighted by Crippen LogP contribution is -2.16. The van der Waals surface area contributed by atoms with Gasteiger partial charge < -0.3 is 5.11 Å². The smallest absolute Gasteiger partial charge is 0.245 e. The number of hydrogen-bond acceptors (Lipinski definition) is 1. The lowest BCUT2D eigenvalue weighted by atomic mass is 10.1. The Morgan fingerprint density at radius 2 is 2.00 bits per heavy atom. The quantitative estimate of drug-likeness (QED) is 0.628. The van der Waals surface area contributed by atoms with Gasteiger partial charge in [0.15, 0.2) is 0 Å². The van der Waals surface area contributed by atoms with Crippen LogP contribution in [0.15, 0.2) is 0 Å². The second-order valence-corrected chi connectivity index (χ2v) is 2.56. The molecule has 0 unspecified atom stereocenters. The van der Waals surface area contributed by atoms with E-state index in [0.717, 1.165) is 6.92 Å². The summed E-state index contributed by atoms with van der Waals surface area (Å²) in [5.41, 5.74) is 0. The fourth-order valence-electron chi connectivity index (χ4n) is 0.676. The number of hydrogen-bond donors (Lipinski definition) is 1. The molecule has 0 fully saturated rings. The van der Waals surface area contributed by atoms with Crippen molar-refractivity contribution in [2.24, 2.45) is 5.92 Å². The van der Waals surface area contributed by atoms with E-state index in [-0.39, 0.29) is 18.9 Å². The molecular formula is C6H12F2O. The molecule has 0 heterocycles. The normalized spacial score (nSPS) is 15.7. The van der Waals surface area contributed by atoms with E-state index >= 15 is 0 Å². The minimum absolute atomic E-state index is 0.163. The second kappa shape index (κ2) is 3.11. The standard InChI is InChI=1S/C6H12F2O/c1-5(4-9)3-6(2,7)8/h5,9H,3-4H2,1-2H3/t5-/m0/s1. The highest BCUT2D eigenvalue weighted by molar-refractivity contribution is 4.62. The first kappa shape index (κ1) is 8.82. The molecule has 0 aromatic rings. The third kappa shape index (κ3) is 5.69. The summed E-state index contributed by atoms with van der Waals surface area (Å²) >= 11 is 0. The Balaban J connectivity index is 3.47. The zero-order chi connectivity index (χ0) is 7.49. The van der Waals surface area contributed by atoms with E-state index in [9.17, 15) is 8.78 Å². The van der Waals surface area contributed by atoms with E-state index in [1.807, 2.05) is 0 Å². The van der Waals surface area contributed by atoms with Crippen molar-refractivity contribution in [2.75, 3.05) is 6.61 Å². The Bertz CT molecular complexity index is 77.6. The predicted octanol–water partition coefficient (Wildman–Crippen LogP) is 1.66. The van der Waals surface area contributed by atoms with Crippen LogP contribution in [-0.4, -0.2) is 17.6 Å². The highest BCUT2D eigenvalue weighted by Gasteiger charge is 2.23. The summed E-state index contributed by atoms with van der Waals surface area (Å²) < 4.78 is 24.1. The van der Waals surface area contributed by atoms with Crippen molar-refractivity contribution in [1.82, 2.24) is 0 Å². The molecule has 9 heavy (non-hydrogen) atoms. The van der Waals surface area contributed by atoms with Crippen molar-refractivity contribution in [2.45, 2.75) is 26.2 Å². The molecule has 0 saturated heterocycles. The van der Waals surface area contributed by atoms with Crippen LogP contribution in [0.4, 0.5) is 8.78 Å². The molecule has 1 N–H and O–H groups in total. The van der Waals surface area contributed by atoms with Crippen molar-refractivity contribution >= 4 is 0 Å². The van der Waals surface area contributed by atoms with Gasteiger partial charge in [0.2, 0.25) is 5.92 Å². The highest BCUT2D eigenvalue weighted by atomic mass is 19.3. The van der Waals surface area contributed by atoms with Gasteiger partial charge in [0.05, 0.1) is 0 Å². The molecule has 0 saturated carbocycles. The lowest BCUT2D eigenvalue weighted by molar-refractivity contribution is -0.00877. The molecule has 0 aromatic carbocycles. The van der Waals surface area contributed by atoms with E-state index in [1.165, 1.54) is 0 Å². The lowest BCUT2D eigenvalue weighted by Gasteiger charge is -2.13. The maximum atomic E-state index is 12.0. The van der Waals surface area contributed by atoms with Gasteiger partial charge >= 0.3 is 0 Å². The Morgan fingerprint density at radius 1 is 1.56 bits per heavy atom. The fourth-order valence-corrected chi connectivity index (χ4v) is 0.676. The monoisotopic (exact) mass is 138 g/mol. The summed E-state index contributed by atoms with van der Waals surface area (Å²) in [5, 5.41) is 8.36. The Morgan fingerprint density at radius 3 is 2.11 bits per heavy atom. The predicted molar refractivity (Wildman–Crippen MR) is 31.5 cm³/mol. The number of rotatable bonds is 3. The van der Waals surface area contributed by atoms with Crippen LogP contribution < -0.4 is 0 Å². The molecule has 1 nitrogen and oxygen atoms in total. The molecule has 0 aliphatic heterocycles. The van der Waals surface area contributed by atoms with Crippen LogP contribution in [0.5, 0.6) is 0 Å². The Hall–Kier alpha value is -0.180. The zero-order valence-electron chi connectivity index (χ0n) is 5.69. The summed E-state index contributed by atoms with van der Waals surface area (Å²) in [4.78, 5) is 0. The van der Waals surface area contributed by atoms with Crippen LogP contribution in [0, 0.1) is 5.92 Å². The average Bonchev–Trinajstić information content (AvgIpc) is 1.62. The Kier molecular flexibility index (Phi) is 3.04. The van der Waals surface area contributed by atoms with Gasteiger partial charge in [-0.15, -0.1) is 0 Å². The van der Waals surface area contributed by atoms with Crippen molar-refractivity contribution in [1.29, 1.82) is 0 Å². The van der Waals surface area contributed by atoms with E-state index in [0.29, 0.717) is 0 Å². The first-order valence-corrected chi connectivity index (χ1v) is 2.94. The third-order valence-electron chi connectivity index (χ3n) is 1.02. The van der Waals surface area contributed by atoms with Gasteiger partial charge in [-0.2, -0.15) is 0 Å². The number of halogens is 2. The number of aliphatic hydroxyl groups excluding tert-OH is 1. The molecule has 0 amide bonds. The van der Waals surface area contributed by atoms with Crippen LogP contribution in [0.1, 0.15) is 20.3 Å². The minimum Gasteiger partial charge on any atom is -0.396 e. The average molecular weight is 138 g/mol. The second-order valence-electron chi connectivity index (χ2n) is 2.56. The molecule has 0 aliphatic rings. The van der Waals surface area contributed by atoms with E-state index in [1.54, 1.807) is 6.92 Å². The van der Waals surface area contributed by atoms with Gasteiger partial charge in [0.1, 0.15) is 0 Å². The van der Waals surface area contributed by atoms with E-state index < -0.39 is 5.92 Å². The van der Waals surface area contributed by atoms with Crippen LogP contribution in [0.3, 0.4) is 0 Å². The van der Waals surface area contributed by atoms with Crippen LogP contribution in [0.2, 0.25) is 0 Å². The summed E-state index contributed by atoms with van der Waals surface area (Å²) in [7, 11) is 0. The SMILES string of the molecule is C[C@H](CO)CC(C)(F)F. The van der Waals surface area contributed by atoms with Gasteiger partial charge in [-0.3, -0.25) is 0 Å². The molecule has 0 aromatic heterocycles. The van der Waals surface area contributed by atoms with E-state index in [4.69, 9.17) is 5.11 Å². The fraction of sp³-hybridized carbons (Fsp3) is 1.00. The van der Waals surface area contributed by atoms with Gasteiger partial charge in [-0.1, -0.05) is 6.92 Å². The topological polar surface area (TPSA) is 20.2 Å². The summed E-state index contributed by atoms with van der Waals surface area (Å²) in [6.07, 6.45) is -0.233. The Labute approximate surface area is 53.7 Å². The first-order chi connectivity index (χ1) is 3.95. The van der Waals surface area contributed by atoms with Crippen molar-refractivity contribution < 1.29 is 13.9 Å². The number of aliphatic hydroxyl groups is 1. The third-order valence-corrected chi connectivity index (χ3v) is 1.02. The molecule has 0 bridgehead atoms. The molecule has 56 valence electrons. The molecule has 0 radical (unpaired) electrons. The van der Waals surface area contributed by atoms with Gasteiger partial charge in [-0.25, -0.2) is 8.78 Å². The molecular weight excluding hydrogens is 126 g/mol. The van der Waals surface area contributed by atoms with Crippen molar-refractivity contribution in [3.05, 3.63) is 0 Å². The molecule has 0 aliphatic carbocycles. The summed E-state index contributed by atoms with van der Waals surface area (Å²) in [6.45, 7) is 2.29. The largest absolute Gasteiger partial charge is 0.396 e. The molecule has 0 spiro atoms. The highest BCUT2D eigenvalue weighted by Crippen LogP contribution is 2.21. The maximum absolute atomic E-state index is 12.0. The molecule has 0 rings (SSSR count). The van der Waals surface area contributed by atoms with Crippen LogP contribution >= 0.6 is 0 Å². The van der Waals surface area contributed by atoms with Gasteiger partial charge in [0, 0.05) is 13.0 Å². The summed E-state index contributed by atoms with van der Waals surface area (Å²) in [5.74, 6) is -2.94. The molecule has 3 heteroatoms. The molecule has 1 atom stereocenters. The van der Waals surface area contributed by atoms with Crippen molar-refractivity contribution in [3.63, 3.8) is 0 Å². The van der Waals surface area contributed by atoms with Gasteiger partial charge in [-0.05, 0) is 12.8 Å². The van der Waals surface area contributed by atoms with Crippen LogP contribution in [-0.2, 0) is 0 Å². The first-order valence-electron chi connectivity index (χ1n) is 2.94. The minimum atomic E-state index is -2.64. The van der Waals surface area contributed by atoms with Gasteiger partial charge in [0.25, 0.3) is 0 Å².